The molecule has 1 unspecified atom stereocenters. The molecular weight excluding hydrogens is 997 g/mol. The third-order valence-corrected chi connectivity index (χ3v) is 15.2. The number of likely N-dealkylation sites (tertiary alicyclic amines) is 1. The number of sulfonamides is 1. The lowest BCUT2D eigenvalue weighted by Crippen LogP contribution is -2.57. The lowest BCUT2D eigenvalue weighted by Gasteiger charge is -2.35. The molecule has 18 nitrogen and oxygen atoms in total. The summed E-state index contributed by atoms with van der Waals surface area (Å²) in [6.07, 6.45) is -0.0835. The van der Waals surface area contributed by atoms with E-state index in [2.05, 4.69) is 25.7 Å². The van der Waals surface area contributed by atoms with E-state index >= 15 is 0 Å². The van der Waals surface area contributed by atoms with Gasteiger partial charge in [0.05, 0.1) is 50.4 Å². The van der Waals surface area contributed by atoms with Crippen molar-refractivity contribution in [2.45, 2.75) is 83.6 Å². The van der Waals surface area contributed by atoms with Crippen LogP contribution < -0.4 is 35.8 Å². The Morgan fingerprint density at radius 3 is 2.15 bits per heavy atom. The minimum absolute atomic E-state index is 0.0267. The predicted molar refractivity (Wildman–Crippen MR) is 286 cm³/mol. The van der Waals surface area contributed by atoms with Gasteiger partial charge < -0.3 is 35.4 Å². The van der Waals surface area contributed by atoms with E-state index in [4.69, 9.17) is 9.47 Å². The van der Waals surface area contributed by atoms with Gasteiger partial charge in [0, 0.05) is 63.4 Å². The Morgan fingerprint density at radius 2 is 1.48 bits per heavy atom. The van der Waals surface area contributed by atoms with Gasteiger partial charge in [-0.1, -0.05) is 76.2 Å². The Bertz CT molecular complexity index is 3440. The highest BCUT2D eigenvalue weighted by Crippen LogP contribution is 2.36. The van der Waals surface area contributed by atoms with E-state index in [0.29, 0.717) is 34.7 Å². The van der Waals surface area contributed by atoms with Crippen molar-refractivity contribution < 1.29 is 42.2 Å². The molecule has 8 rings (SSSR count). The molecule has 2 aromatic heterocycles. The Labute approximate surface area is 438 Å². The highest BCUT2D eigenvalue weighted by Gasteiger charge is 2.44. The zero-order valence-electron chi connectivity index (χ0n) is 42.7. The van der Waals surface area contributed by atoms with E-state index in [-0.39, 0.29) is 59.2 Å². The van der Waals surface area contributed by atoms with E-state index in [0.717, 1.165) is 28.1 Å². The van der Waals surface area contributed by atoms with Gasteiger partial charge in [0.1, 0.15) is 23.6 Å². The maximum Gasteiger partial charge on any atom is 0.328 e. The van der Waals surface area contributed by atoms with Gasteiger partial charge in [0.25, 0.3) is 21.8 Å². The first kappa shape index (κ1) is 53.5. The Morgan fingerprint density at radius 1 is 0.827 bits per heavy atom. The number of benzene rings is 5. The fraction of sp³-hybridized carbons (Fsp3) is 0.309. The van der Waals surface area contributed by atoms with E-state index < -0.39 is 57.3 Å². The smallest absolute Gasteiger partial charge is 0.328 e. The molecule has 0 spiro atoms. The average molecular weight is 1060 g/mol. The summed E-state index contributed by atoms with van der Waals surface area (Å²) in [5.74, 6) is -0.961. The largest absolute Gasteiger partial charge is 0.493 e. The van der Waals surface area contributed by atoms with Crippen LogP contribution in [0.5, 0.6) is 17.2 Å². The number of hydrogen-bond donors (Lipinski definition) is 5. The number of aliphatic hydroxyl groups excluding tert-OH is 1. The summed E-state index contributed by atoms with van der Waals surface area (Å²) in [6.45, 7) is 10.0. The van der Waals surface area contributed by atoms with Crippen LogP contribution in [0.1, 0.15) is 78.1 Å². The van der Waals surface area contributed by atoms with Gasteiger partial charge in [-0.2, -0.15) is 0 Å². The van der Waals surface area contributed by atoms with Crippen molar-refractivity contribution in [2.24, 2.45) is 19.5 Å². The molecule has 392 valence electrons. The Hall–Kier alpha value is -7.81. The number of β-amino-alcohol motifs (C(OH)–C–C–N with tert-alkyl or cyclic N) is 1. The maximum absolute atomic E-state index is 14.2. The number of fused-ring (bicyclic) bond motifs is 1. The quantitative estimate of drug-likeness (QED) is 0.0585. The molecule has 75 heavy (non-hydrogen) atoms. The Balaban J connectivity index is 0.893. The number of aromatic nitrogens is 3. The highest BCUT2D eigenvalue weighted by atomic mass is 32.2. The lowest BCUT2D eigenvalue weighted by atomic mass is 9.85. The minimum atomic E-state index is -4.35. The molecule has 0 bridgehead atoms. The van der Waals surface area contributed by atoms with E-state index in [1.165, 1.54) is 44.4 Å². The summed E-state index contributed by atoms with van der Waals surface area (Å²) in [7, 11) is -1.16. The topological polar surface area (TPSA) is 232 Å². The van der Waals surface area contributed by atoms with Crippen molar-refractivity contribution in [1.82, 2.24) is 35.0 Å². The molecule has 1 saturated heterocycles. The molecule has 0 saturated carbocycles. The zero-order chi connectivity index (χ0) is 53.8. The normalized spacial score (nSPS) is 15.1. The fourth-order valence-corrected chi connectivity index (χ4v) is 10.6. The van der Waals surface area contributed by atoms with E-state index in [1.807, 2.05) is 38.1 Å². The second-order valence-electron chi connectivity index (χ2n) is 19.5. The van der Waals surface area contributed by atoms with Crippen molar-refractivity contribution in [2.75, 3.05) is 17.9 Å². The van der Waals surface area contributed by atoms with Gasteiger partial charge in [-0.25, -0.2) is 18.2 Å². The second kappa shape index (κ2) is 22.3. The number of nitrogens with zero attached hydrogens (tertiary/aromatic N) is 4. The second-order valence-corrected chi connectivity index (χ2v) is 22.1. The van der Waals surface area contributed by atoms with Crippen LogP contribution in [0.4, 0.5) is 5.69 Å². The first-order valence-corrected chi connectivity index (χ1v) is 26.7. The lowest BCUT2D eigenvalue weighted by molar-refractivity contribution is -0.142. The summed E-state index contributed by atoms with van der Waals surface area (Å²) < 4.78 is 45.5. The van der Waals surface area contributed by atoms with Crippen LogP contribution in [0.25, 0.3) is 21.5 Å². The minimum Gasteiger partial charge on any atom is -0.493 e. The molecule has 0 aliphatic carbocycles. The number of thiazole rings is 1. The molecular formula is C55H60N8O10S2. The number of carbonyl (C=O) groups excluding carboxylic acids is 4. The first-order valence-electron chi connectivity index (χ1n) is 24.4. The predicted octanol–water partition coefficient (Wildman–Crippen LogP) is 7.04. The van der Waals surface area contributed by atoms with Crippen LogP contribution >= 0.6 is 11.3 Å². The number of aliphatic hydroxyl groups is 1. The molecule has 20 heteroatoms. The van der Waals surface area contributed by atoms with Crippen molar-refractivity contribution in [3.8, 4) is 27.7 Å². The average Bonchev–Trinajstić information content (AvgIpc) is 4.08. The molecule has 4 amide bonds. The molecule has 0 radical (unpaired) electrons. The summed E-state index contributed by atoms with van der Waals surface area (Å²) in [6, 6.07) is 27.7. The van der Waals surface area contributed by atoms with Gasteiger partial charge in [-0.15, -0.1) is 11.3 Å². The van der Waals surface area contributed by atoms with Gasteiger partial charge in [0.2, 0.25) is 11.8 Å². The van der Waals surface area contributed by atoms with Gasteiger partial charge in [-0.3, -0.25) is 33.0 Å². The van der Waals surface area contributed by atoms with E-state index in [1.54, 1.807) is 106 Å². The van der Waals surface area contributed by atoms with Gasteiger partial charge >= 0.3 is 5.69 Å². The van der Waals surface area contributed by atoms with Crippen LogP contribution in [0.15, 0.2) is 124 Å². The Kier molecular flexibility index (Phi) is 15.9. The molecule has 1 fully saturated rings. The van der Waals surface area contributed by atoms with Crippen LogP contribution in [0.2, 0.25) is 0 Å². The first-order chi connectivity index (χ1) is 35.7. The van der Waals surface area contributed by atoms with Gasteiger partial charge in [-0.05, 0) is 84.0 Å². The van der Waals surface area contributed by atoms with Crippen molar-refractivity contribution in [1.29, 1.82) is 0 Å². The van der Waals surface area contributed by atoms with Gasteiger partial charge in [0.15, 0.2) is 5.75 Å². The molecule has 7 aromatic rings. The van der Waals surface area contributed by atoms with E-state index in [9.17, 15) is 37.5 Å². The molecule has 5 N–H and O–H groups in total. The monoisotopic (exact) mass is 1060 g/mol. The molecule has 1 aliphatic rings. The highest BCUT2D eigenvalue weighted by molar-refractivity contribution is 7.92. The van der Waals surface area contributed by atoms with Crippen LogP contribution in [0, 0.1) is 12.3 Å². The van der Waals surface area contributed by atoms with Crippen LogP contribution in [-0.4, -0.2) is 87.5 Å². The SMILES string of the molecule is CCCOc1cccc(Oc2cc3c(cc2NS(=O)(=O)c2cccc(C(=O)NCc4ccc(C(=O)N[C@H](C(=O)N5CC(O)C[C@H]5C(=O)NCc5ccc(-c6scnc6C)cc5)C(C)(C)C)cc4)c2)n(C)c(=O)n3C)c1. The third-order valence-electron chi connectivity index (χ3n) is 12.9. The number of nitrogens with one attached hydrogen (secondary N) is 4. The summed E-state index contributed by atoms with van der Waals surface area (Å²) >= 11 is 1.55. The summed E-state index contributed by atoms with van der Waals surface area (Å²) in [4.78, 5) is 74.5. The number of amides is 4. The number of anilines is 1. The zero-order valence-corrected chi connectivity index (χ0v) is 44.3. The number of ether oxygens (including phenoxy) is 2. The number of carbonyl (C=O) groups is 4. The maximum atomic E-state index is 14.2. The van der Waals surface area contributed by atoms with Crippen LogP contribution in [-0.2, 0) is 46.8 Å². The molecule has 1 aliphatic heterocycles. The number of aryl methyl sites for hydroxylation is 3. The van der Waals surface area contributed by atoms with Crippen molar-refractivity contribution >= 4 is 61.7 Å². The molecule has 5 aromatic carbocycles. The number of rotatable bonds is 18. The number of imidazole rings is 1. The molecule has 3 heterocycles. The number of hydrogen-bond acceptors (Lipinski definition) is 12. The van der Waals surface area contributed by atoms with Crippen molar-refractivity contribution in [3.63, 3.8) is 0 Å². The van der Waals surface area contributed by atoms with Crippen molar-refractivity contribution in [3.05, 3.63) is 153 Å². The third kappa shape index (κ3) is 12.3. The standard InChI is InChI=1S/C55H60N8O10S2/c1-8-23-72-40-12-10-13-41(26-40)73-47-28-45-44(61(6)54(69)62(45)7)27-43(47)60-75(70,71)42-14-9-11-38(24-42)50(65)56-29-35-17-21-37(22-18-35)51(66)59-49(55(3,4)5)53(68)63-31-39(64)25-46(63)52(67)57-30-34-15-19-36(20-16-34)48-33(2)58-32-74-48/h9-22,24,26-28,32,39,46,49,60,64H,8,23,25,29-31H2,1-7H3,(H,56,65)(H,57,67)(H,59,66)/t39?,46-,49+/m0/s1. The fourth-order valence-electron chi connectivity index (χ4n) is 8.73. The summed E-state index contributed by atoms with van der Waals surface area (Å²) in [5, 5.41) is 19.3. The summed E-state index contributed by atoms with van der Waals surface area (Å²) in [5.41, 5.74) is 5.44. The van der Waals surface area contributed by atoms with Crippen LogP contribution in [0.3, 0.4) is 0 Å². The molecule has 3 atom stereocenters.